The van der Waals surface area contributed by atoms with Crippen molar-refractivity contribution in [3.63, 3.8) is 0 Å². The first kappa shape index (κ1) is 14.2. The summed E-state index contributed by atoms with van der Waals surface area (Å²) in [6.07, 6.45) is 2.96. The maximum atomic E-state index is 12.9. The Morgan fingerprint density at radius 3 is 2.67 bits per heavy atom. The van der Waals surface area contributed by atoms with Crippen molar-refractivity contribution in [1.29, 1.82) is 0 Å². The van der Waals surface area contributed by atoms with Crippen LogP contribution in [0.3, 0.4) is 0 Å². The number of halogens is 1. The van der Waals surface area contributed by atoms with Gasteiger partial charge in [-0.15, -0.1) is 5.10 Å². The summed E-state index contributed by atoms with van der Waals surface area (Å²) in [4.78, 5) is 15.9. The summed E-state index contributed by atoms with van der Waals surface area (Å²) < 4.78 is 29.8. The van der Waals surface area contributed by atoms with Gasteiger partial charge in [-0.1, -0.05) is 0 Å². The van der Waals surface area contributed by atoms with E-state index in [0.29, 0.717) is 17.1 Å². The molecule has 0 aliphatic rings. The Bertz CT molecular complexity index is 1010. The molecule has 0 saturated carbocycles. The highest BCUT2D eigenvalue weighted by molar-refractivity contribution is 5.55. The largest absolute Gasteiger partial charge is 0.459 e. The number of hydrogen-bond donors (Lipinski definition) is 0. The minimum absolute atomic E-state index is 0.00420. The van der Waals surface area contributed by atoms with Crippen LogP contribution in [-0.2, 0) is 6.54 Å². The van der Waals surface area contributed by atoms with Crippen molar-refractivity contribution in [3.05, 3.63) is 71.1 Å². The lowest BCUT2D eigenvalue weighted by molar-refractivity contribution is 0.442. The van der Waals surface area contributed by atoms with Crippen LogP contribution < -0.4 is 5.76 Å². The number of hydrogen-bond acceptors (Lipinski definition) is 6. The highest BCUT2D eigenvalue weighted by atomic mass is 19.1. The topological polar surface area (TPSA) is 87.2 Å². The van der Waals surface area contributed by atoms with Gasteiger partial charge in [0.15, 0.2) is 11.5 Å². The van der Waals surface area contributed by atoms with Gasteiger partial charge in [0.05, 0.1) is 12.5 Å². The minimum Gasteiger partial charge on any atom is -0.459 e. The molecule has 0 aliphatic carbocycles. The monoisotopic (exact) mass is 327 g/mol. The van der Waals surface area contributed by atoms with Gasteiger partial charge in [-0.05, 0) is 36.4 Å². The molecule has 0 fully saturated rings. The van der Waals surface area contributed by atoms with Crippen LogP contribution in [0.25, 0.3) is 23.0 Å². The van der Waals surface area contributed by atoms with Gasteiger partial charge in [-0.25, -0.2) is 14.2 Å². The quantitative estimate of drug-likeness (QED) is 0.573. The Morgan fingerprint density at radius 2 is 1.92 bits per heavy atom. The number of benzene rings is 1. The van der Waals surface area contributed by atoms with Crippen LogP contribution in [-0.4, -0.2) is 14.8 Å². The molecular weight excluding hydrogens is 317 g/mol. The van der Waals surface area contributed by atoms with Gasteiger partial charge in [-0.2, -0.15) is 4.68 Å². The minimum atomic E-state index is -0.650. The fraction of sp³-hybridized carbons (Fsp3) is 0.0625. The van der Waals surface area contributed by atoms with Gasteiger partial charge < -0.3 is 13.3 Å². The molecule has 24 heavy (non-hydrogen) atoms. The molecular formula is C16H10FN3O4. The number of nitrogens with zero attached hydrogens (tertiary/aromatic N) is 3. The van der Waals surface area contributed by atoms with Gasteiger partial charge >= 0.3 is 5.76 Å². The normalized spacial score (nSPS) is 11.0. The Kier molecular flexibility index (Phi) is 3.34. The SMILES string of the molecule is O=c1oc(-c2ccco2)nn1Cc1ncc(-c2ccc(F)cc2)o1. The zero-order chi connectivity index (χ0) is 16.5. The molecule has 7 nitrogen and oxygen atoms in total. The van der Waals surface area contributed by atoms with E-state index in [-0.39, 0.29) is 24.1 Å². The average molecular weight is 327 g/mol. The summed E-state index contributed by atoms with van der Waals surface area (Å²) in [6.45, 7) is 0.00420. The molecule has 0 unspecified atom stereocenters. The van der Waals surface area contributed by atoms with Crippen molar-refractivity contribution in [2.45, 2.75) is 6.54 Å². The molecule has 0 amide bonds. The fourth-order valence-corrected chi connectivity index (χ4v) is 2.17. The molecule has 4 aromatic rings. The molecule has 0 saturated heterocycles. The fourth-order valence-electron chi connectivity index (χ4n) is 2.17. The number of aromatic nitrogens is 3. The number of rotatable bonds is 4. The van der Waals surface area contributed by atoms with Gasteiger partial charge in [-0.3, -0.25) is 0 Å². The van der Waals surface area contributed by atoms with Crippen molar-refractivity contribution in [2.75, 3.05) is 0 Å². The van der Waals surface area contributed by atoms with Crippen LogP contribution >= 0.6 is 0 Å². The lowest BCUT2D eigenvalue weighted by Gasteiger charge is -1.96. The molecule has 120 valence electrons. The van der Waals surface area contributed by atoms with Crippen molar-refractivity contribution >= 4 is 0 Å². The second-order valence-electron chi connectivity index (χ2n) is 4.93. The lowest BCUT2D eigenvalue weighted by Crippen LogP contribution is -2.16. The van der Waals surface area contributed by atoms with Crippen molar-refractivity contribution < 1.29 is 17.6 Å². The second kappa shape index (κ2) is 5.65. The third-order valence-electron chi connectivity index (χ3n) is 3.31. The molecule has 0 bridgehead atoms. The van der Waals surface area contributed by atoms with Gasteiger partial charge in [0.1, 0.15) is 12.4 Å². The van der Waals surface area contributed by atoms with Gasteiger partial charge in [0, 0.05) is 5.56 Å². The van der Waals surface area contributed by atoms with Gasteiger partial charge in [0.2, 0.25) is 5.89 Å². The molecule has 0 atom stereocenters. The van der Waals surface area contributed by atoms with Crippen LogP contribution in [0.15, 0.2) is 66.9 Å². The summed E-state index contributed by atoms with van der Waals surface area (Å²) in [7, 11) is 0. The van der Waals surface area contributed by atoms with Crippen LogP contribution in [0.2, 0.25) is 0 Å². The van der Waals surface area contributed by atoms with E-state index >= 15 is 0 Å². The number of oxazole rings is 1. The average Bonchev–Trinajstić information content (AvgIpc) is 3.31. The zero-order valence-electron chi connectivity index (χ0n) is 12.2. The molecule has 0 radical (unpaired) electrons. The van der Waals surface area contributed by atoms with Crippen LogP contribution in [0.4, 0.5) is 4.39 Å². The zero-order valence-corrected chi connectivity index (χ0v) is 12.2. The molecule has 0 aliphatic heterocycles. The van der Waals surface area contributed by atoms with E-state index in [1.54, 1.807) is 24.3 Å². The maximum Gasteiger partial charge on any atom is 0.437 e. The van der Waals surface area contributed by atoms with E-state index in [1.807, 2.05) is 0 Å². The second-order valence-corrected chi connectivity index (χ2v) is 4.93. The Balaban J connectivity index is 1.58. The Labute approximate surface area is 134 Å². The van der Waals surface area contributed by atoms with E-state index in [9.17, 15) is 9.18 Å². The Morgan fingerprint density at radius 1 is 1.08 bits per heavy atom. The van der Waals surface area contributed by atoms with E-state index in [1.165, 1.54) is 24.6 Å². The van der Waals surface area contributed by atoms with E-state index < -0.39 is 5.76 Å². The predicted molar refractivity (Wildman–Crippen MR) is 79.5 cm³/mol. The molecule has 1 aromatic carbocycles. The highest BCUT2D eigenvalue weighted by Crippen LogP contribution is 2.21. The smallest absolute Gasteiger partial charge is 0.437 e. The molecule has 4 rings (SSSR count). The molecule has 3 aromatic heterocycles. The first-order valence-corrected chi connectivity index (χ1v) is 7.01. The first-order chi connectivity index (χ1) is 11.7. The third-order valence-corrected chi connectivity index (χ3v) is 3.31. The summed E-state index contributed by atoms with van der Waals surface area (Å²) in [5, 5.41) is 4.04. The summed E-state index contributed by atoms with van der Waals surface area (Å²) in [5.41, 5.74) is 0.680. The third kappa shape index (κ3) is 2.65. The first-order valence-electron chi connectivity index (χ1n) is 7.01. The molecule has 3 heterocycles. The van der Waals surface area contributed by atoms with Crippen LogP contribution in [0, 0.1) is 5.82 Å². The van der Waals surface area contributed by atoms with Gasteiger partial charge in [0.25, 0.3) is 5.89 Å². The number of furan rings is 1. The van der Waals surface area contributed by atoms with Crippen LogP contribution in [0.5, 0.6) is 0 Å². The molecule has 0 N–H and O–H groups in total. The predicted octanol–water partition coefficient (Wildman–Crippen LogP) is 2.94. The Hall–Kier alpha value is -3.42. The molecule has 0 spiro atoms. The van der Waals surface area contributed by atoms with E-state index in [4.69, 9.17) is 13.3 Å². The lowest BCUT2D eigenvalue weighted by atomic mass is 10.2. The molecule has 8 heteroatoms. The maximum absolute atomic E-state index is 12.9. The standard InChI is InChI=1S/C16H10FN3O4/c17-11-5-3-10(4-6-11)13-8-18-14(23-13)9-20-16(21)24-15(19-20)12-2-1-7-22-12/h1-8H,9H2. The van der Waals surface area contributed by atoms with Crippen LogP contribution in [0.1, 0.15) is 5.89 Å². The summed E-state index contributed by atoms with van der Waals surface area (Å²) in [6, 6.07) is 9.11. The van der Waals surface area contributed by atoms with Crippen molar-refractivity contribution in [2.24, 2.45) is 0 Å². The van der Waals surface area contributed by atoms with Crippen molar-refractivity contribution in [3.8, 4) is 23.0 Å². The summed E-state index contributed by atoms with van der Waals surface area (Å²) >= 11 is 0. The van der Waals surface area contributed by atoms with E-state index in [0.717, 1.165) is 4.68 Å². The van der Waals surface area contributed by atoms with Crippen molar-refractivity contribution in [1.82, 2.24) is 14.8 Å². The van der Waals surface area contributed by atoms with E-state index in [2.05, 4.69) is 10.1 Å². The summed E-state index contributed by atoms with van der Waals surface area (Å²) in [5.74, 6) is 0.185. The highest BCUT2D eigenvalue weighted by Gasteiger charge is 2.15.